The summed E-state index contributed by atoms with van der Waals surface area (Å²) in [7, 11) is 0. The van der Waals surface area contributed by atoms with Crippen LogP contribution >= 0.6 is 12.2 Å². The standard InChI is InChI=1S/C12H15N3O3S/c1-3-7-13-12(19)14-11(16)9-5-4-6-10(8(9)2)15(17)18/h4-6H,3,7H2,1-2H3,(H2,13,14,16,19). The van der Waals surface area contributed by atoms with Crippen LogP contribution in [0.15, 0.2) is 18.2 Å². The first-order chi connectivity index (χ1) is 8.97. The van der Waals surface area contributed by atoms with E-state index in [0.717, 1.165) is 6.42 Å². The number of hydrogen-bond acceptors (Lipinski definition) is 4. The lowest BCUT2D eigenvalue weighted by atomic mass is 10.1. The maximum absolute atomic E-state index is 12.0. The lowest BCUT2D eigenvalue weighted by molar-refractivity contribution is -0.385. The van der Waals surface area contributed by atoms with Gasteiger partial charge in [0.05, 0.1) is 4.92 Å². The second-order valence-corrected chi connectivity index (χ2v) is 4.33. The van der Waals surface area contributed by atoms with Crippen LogP contribution in [-0.4, -0.2) is 22.5 Å². The van der Waals surface area contributed by atoms with Crippen molar-refractivity contribution in [1.82, 2.24) is 10.6 Å². The lowest BCUT2D eigenvalue weighted by Crippen LogP contribution is -2.39. The van der Waals surface area contributed by atoms with Crippen LogP contribution in [-0.2, 0) is 0 Å². The molecule has 0 atom stereocenters. The minimum absolute atomic E-state index is 0.0833. The molecule has 0 bridgehead atoms. The molecule has 2 N–H and O–H groups in total. The predicted molar refractivity (Wildman–Crippen MR) is 76.2 cm³/mol. The Morgan fingerprint density at radius 1 is 1.47 bits per heavy atom. The molecular weight excluding hydrogens is 266 g/mol. The number of nitrogens with zero attached hydrogens (tertiary/aromatic N) is 1. The summed E-state index contributed by atoms with van der Waals surface area (Å²) < 4.78 is 0. The van der Waals surface area contributed by atoms with Gasteiger partial charge in [-0.1, -0.05) is 13.0 Å². The topological polar surface area (TPSA) is 84.3 Å². The largest absolute Gasteiger partial charge is 0.362 e. The molecule has 1 aromatic rings. The van der Waals surface area contributed by atoms with Gasteiger partial charge in [-0.25, -0.2) is 0 Å². The Hall–Kier alpha value is -2.02. The van der Waals surface area contributed by atoms with E-state index in [1.165, 1.54) is 25.1 Å². The van der Waals surface area contributed by atoms with Crippen molar-refractivity contribution in [1.29, 1.82) is 0 Å². The average molecular weight is 281 g/mol. The molecule has 0 aliphatic carbocycles. The van der Waals surface area contributed by atoms with Crippen LogP contribution < -0.4 is 10.6 Å². The molecule has 0 unspecified atom stereocenters. The van der Waals surface area contributed by atoms with Gasteiger partial charge in [-0.05, 0) is 31.6 Å². The normalized spacial score (nSPS) is 9.79. The zero-order valence-electron chi connectivity index (χ0n) is 10.7. The second-order valence-electron chi connectivity index (χ2n) is 3.92. The number of amides is 1. The van der Waals surface area contributed by atoms with E-state index in [2.05, 4.69) is 10.6 Å². The number of nitro groups is 1. The van der Waals surface area contributed by atoms with E-state index in [4.69, 9.17) is 12.2 Å². The predicted octanol–water partition coefficient (Wildman–Crippen LogP) is 1.92. The van der Waals surface area contributed by atoms with Crippen molar-refractivity contribution < 1.29 is 9.72 Å². The molecule has 7 heteroatoms. The van der Waals surface area contributed by atoms with Crippen LogP contribution in [0.2, 0.25) is 0 Å². The van der Waals surface area contributed by atoms with Crippen molar-refractivity contribution >= 4 is 28.9 Å². The Morgan fingerprint density at radius 2 is 2.16 bits per heavy atom. The van der Waals surface area contributed by atoms with E-state index in [-0.39, 0.29) is 16.4 Å². The molecule has 1 amide bonds. The molecule has 1 rings (SSSR count). The third-order valence-electron chi connectivity index (χ3n) is 2.51. The van der Waals surface area contributed by atoms with Gasteiger partial charge in [0.25, 0.3) is 11.6 Å². The molecule has 0 saturated carbocycles. The zero-order valence-corrected chi connectivity index (χ0v) is 11.5. The molecule has 1 aromatic carbocycles. The summed E-state index contributed by atoms with van der Waals surface area (Å²) in [4.78, 5) is 22.2. The fourth-order valence-electron chi connectivity index (χ4n) is 1.52. The molecule has 102 valence electrons. The van der Waals surface area contributed by atoms with Crippen LogP contribution in [0, 0.1) is 17.0 Å². The zero-order chi connectivity index (χ0) is 14.4. The summed E-state index contributed by atoms with van der Waals surface area (Å²) in [6.45, 7) is 4.17. The minimum Gasteiger partial charge on any atom is -0.362 e. The molecule has 0 fully saturated rings. The summed E-state index contributed by atoms with van der Waals surface area (Å²) in [5.41, 5.74) is 0.484. The first-order valence-corrected chi connectivity index (χ1v) is 6.21. The number of carbonyl (C=O) groups is 1. The molecule has 0 spiro atoms. The van der Waals surface area contributed by atoms with Gasteiger partial charge in [0.15, 0.2) is 5.11 Å². The van der Waals surface area contributed by atoms with E-state index in [0.29, 0.717) is 12.1 Å². The number of nitrogens with one attached hydrogen (secondary N) is 2. The first kappa shape index (κ1) is 15.0. The van der Waals surface area contributed by atoms with Crippen LogP contribution in [0.1, 0.15) is 29.3 Å². The SMILES string of the molecule is CCCNC(=S)NC(=O)c1cccc([N+](=O)[O-])c1C. The Kier molecular flexibility index (Phi) is 5.37. The van der Waals surface area contributed by atoms with Crippen molar-refractivity contribution in [3.8, 4) is 0 Å². The maximum atomic E-state index is 12.0. The molecular formula is C12H15N3O3S. The van der Waals surface area contributed by atoms with Gasteiger partial charge in [0.2, 0.25) is 0 Å². The Bertz CT molecular complexity index is 517. The summed E-state index contributed by atoms with van der Waals surface area (Å²) in [6.07, 6.45) is 0.881. The van der Waals surface area contributed by atoms with Gasteiger partial charge in [0.1, 0.15) is 0 Å². The Balaban J connectivity index is 2.86. The number of benzene rings is 1. The highest BCUT2D eigenvalue weighted by Gasteiger charge is 2.18. The summed E-state index contributed by atoms with van der Waals surface area (Å²) >= 11 is 4.95. The van der Waals surface area contributed by atoms with Gasteiger partial charge >= 0.3 is 0 Å². The van der Waals surface area contributed by atoms with Gasteiger partial charge < -0.3 is 5.32 Å². The van der Waals surface area contributed by atoms with E-state index in [9.17, 15) is 14.9 Å². The lowest BCUT2D eigenvalue weighted by Gasteiger charge is -2.10. The van der Waals surface area contributed by atoms with Crippen LogP contribution in [0.4, 0.5) is 5.69 Å². The van der Waals surface area contributed by atoms with Crippen LogP contribution in [0.5, 0.6) is 0 Å². The third-order valence-corrected chi connectivity index (χ3v) is 2.76. The summed E-state index contributed by atoms with van der Waals surface area (Å²) in [6, 6.07) is 4.36. The molecule has 6 nitrogen and oxygen atoms in total. The van der Waals surface area contributed by atoms with Crippen molar-refractivity contribution in [2.45, 2.75) is 20.3 Å². The molecule has 0 aromatic heterocycles. The van der Waals surface area contributed by atoms with Gasteiger partial charge in [-0.2, -0.15) is 0 Å². The van der Waals surface area contributed by atoms with E-state index < -0.39 is 10.8 Å². The van der Waals surface area contributed by atoms with E-state index >= 15 is 0 Å². The van der Waals surface area contributed by atoms with Crippen molar-refractivity contribution in [2.24, 2.45) is 0 Å². The van der Waals surface area contributed by atoms with E-state index in [1.54, 1.807) is 0 Å². The average Bonchev–Trinajstić information content (AvgIpc) is 2.36. The summed E-state index contributed by atoms with van der Waals surface area (Å²) in [5.74, 6) is -0.449. The fraction of sp³-hybridized carbons (Fsp3) is 0.333. The molecule has 0 radical (unpaired) electrons. The molecule has 0 saturated heterocycles. The minimum atomic E-state index is -0.514. The number of nitro benzene ring substituents is 1. The van der Waals surface area contributed by atoms with Crippen LogP contribution in [0.3, 0.4) is 0 Å². The number of rotatable bonds is 4. The van der Waals surface area contributed by atoms with E-state index in [1.807, 2.05) is 6.92 Å². The summed E-state index contributed by atoms with van der Waals surface area (Å²) in [5, 5.41) is 16.4. The fourth-order valence-corrected chi connectivity index (χ4v) is 1.72. The third kappa shape index (κ3) is 3.99. The number of hydrogen-bond donors (Lipinski definition) is 2. The monoisotopic (exact) mass is 281 g/mol. The van der Waals surface area contributed by atoms with Crippen molar-refractivity contribution in [3.63, 3.8) is 0 Å². The number of thiocarbonyl (C=S) groups is 1. The highest BCUT2D eigenvalue weighted by Crippen LogP contribution is 2.20. The second kappa shape index (κ2) is 6.79. The van der Waals surface area contributed by atoms with Crippen LogP contribution in [0.25, 0.3) is 0 Å². The van der Waals surface area contributed by atoms with Crippen molar-refractivity contribution in [3.05, 3.63) is 39.4 Å². The van der Waals surface area contributed by atoms with Gasteiger partial charge in [0, 0.05) is 23.7 Å². The Labute approximate surface area is 116 Å². The molecule has 0 heterocycles. The van der Waals surface area contributed by atoms with Gasteiger partial charge in [-0.15, -0.1) is 0 Å². The highest BCUT2D eigenvalue weighted by atomic mass is 32.1. The van der Waals surface area contributed by atoms with Crippen molar-refractivity contribution in [2.75, 3.05) is 6.54 Å². The number of carbonyl (C=O) groups excluding carboxylic acids is 1. The molecule has 19 heavy (non-hydrogen) atoms. The molecule has 0 aliphatic heterocycles. The maximum Gasteiger partial charge on any atom is 0.273 e. The Morgan fingerprint density at radius 3 is 2.74 bits per heavy atom. The highest BCUT2D eigenvalue weighted by molar-refractivity contribution is 7.80. The smallest absolute Gasteiger partial charge is 0.273 e. The molecule has 0 aliphatic rings. The van der Waals surface area contributed by atoms with Gasteiger partial charge in [-0.3, -0.25) is 20.2 Å². The first-order valence-electron chi connectivity index (χ1n) is 5.80. The quantitative estimate of drug-likeness (QED) is 0.500.